The first-order chi connectivity index (χ1) is 11.3. The summed E-state index contributed by atoms with van der Waals surface area (Å²) in [4.78, 5) is 28.1. The van der Waals surface area contributed by atoms with Crippen molar-refractivity contribution in [1.82, 2.24) is 9.80 Å². The topological polar surface area (TPSA) is 52.7 Å². The van der Waals surface area contributed by atoms with Gasteiger partial charge >= 0.3 is 0 Å². The van der Waals surface area contributed by atoms with Gasteiger partial charge in [-0.3, -0.25) is 14.5 Å². The normalized spacial score (nSPS) is 15.7. The summed E-state index contributed by atoms with van der Waals surface area (Å²) in [7, 11) is 0. The van der Waals surface area contributed by atoms with Gasteiger partial charge in [-0.25, -0.2) is 0 Å². The monoisotopic (exact) mass is 371 g/mol. The molecule has 7 heteroatoms. The lowest BCUT2D eigenvalue weighted by Crippen LogP contribution is -2.51. The maximum atomic E-state index is 12.3. The first-order valence-corrected chi connectivity index (χ1v) is 8.80. The number of hydrogen-bond donors (Lipinski definition) is 1. The van der Waals surface area contributed by atoms with Crippen LogP contribution in [0, 0.1) is 12.8 Å². The number of nitrogens with one attached hydrogen (secondary N) is 1. The highest BCUT2D eigenvalue weighted by Gasteiger charge is 2.24. The Bertz CT molecular complexity index is 627. The van der Waals surface area contributed by atoms with E-state index in [-0.39, 0.29) is 24.3 Å². The molecular formula is C17H23Cl2N3O2. The Balaban J connectivity index is 1.89. The van der Waals surface area contributed by atoms with Crippen LogP contribution in [0.1, 0.15) is 19.4 Å². The van der Waals surface area contributed by atoms with Crippen LogP contribution in [0.25, 0.3) is 0 Å². The number of piperazine rings is 1. The van der Waals surface area contributed by atoms with Crippen molar-refractivity contribution in [2.45, 2.75) is 20.8 Å². The molecule has 0 bridgehead atoms. The average molecular weight is 372 g/mol. The number of aryl methyl sites for hydroxylation is 1. The molecule has 0 aliphatic carbocycles. The zero-order valence-electron chi connectivity index (χ0n) is 14.2. The second-order valence-electron chi connectivity index (χ2n) is 6.36. The van der Waals surface area contributed by atoms with E-state index in [9.17, 15) is 9.59 Å². The van der Waals surface area contributed by atoms with Crippen LogP contribution in [0.3, 0.4) is 0 Å². The number of halogens is 2. The minimum atomic E-state index is -0.159. The molecule has 1 heterocycles. The molecule has 0 aromatic heterocycles. The highest BCUT2D eigenvalue weighted by molar-refractivity contribution is 6.40. The Labute approximate surface area is 152 Å². The molecule has 24 heavy (non-hydrogen) atoms. The molecule has 1 aliphatic heterocycles. The highest BCUT2D eigenvalue weighted by atomic mass is 35.5. The van der Waals surface area contributed by atoms with Gasteiger partial charge in [0.15, 0.2) is 0 Å². The number of carbonyl (C=O) groups is 2. The summed E-state index contributed by atoms with van der Waals surface area (Å²) in [5, 5.41) is 3.68. The molecule has 132 valence electrons. The van der Waals surface area contributed by atoms with E-state index < -0.39 is 0 Å². The van der Waals surface area contributed by atoms with Crippen LogP contribution in [0.5, 0.6) is 0 Å². The quantitative estimate of drug-likeness (QED) is 0.884. The minimum absolute atomic E-state index is 0.00505. The fourth-order valence-corrected chi connectivity index (χ4v) is 3.11. The molecular weight excluding hydrogens is 349 g/mol. The summed E-state index contributed by atoms with van der Waals surface area (Å²) in [5.74, 6) is 0.0101. The van der Waals surface area contributed by atoms with Crippen molar-refractivity contribution in [2.75, 3.05) is 38.0 Å². The van der Waals surface area contributed by atoms with E-state index in [0.29, 0.717) is 41.9 Å². The maximum Gasteiger partial charge on any atom is 0.238 e. The highest BCUT2D eigenvalue weighted by Crippen LogP contribution is 2.32. The van der Waals surface area contributed by atoms with Gasteiger partial charge in [-0.05, 0) is 18.6 Å². The Morgan fingerprint density at radius 3 is 2.38 bits per heavy atom. The molecule has 2 amide bonds. The third kappa shape index (κ3) is 4.62. The third-order valence-corrected chi connectivity index (χ3v) is 4.90. The van der Waals surface area contributed by atoms with E-state index in [4.69, 9.17) is 23.2 Å². The Morgan fingerprint density at radius 2 is 1.79 bits per heavy atom. The average Bonchev–Trinajstić information content (AvgIpc) is 2.55. The molecule has 0 unspecified atom stereocenters. The number of rotatable bonds is 4. The smallest absolute Gasteiger partial charge is 0.238 e. The maximum absolute atomic E-state index is 12.3. The van der Waals surface area contributed by atoms with Gasteiger partial charge in [0, 0.05) is 32.1 Å². The van der Waals surface area contributed by atoms with E-state index >= 15 is 0 Å². The fraction of sp³-hybridized carbons (Fsp3) is 0.529. The molecule has 1 saturated heterocycles. The van der Waals surface area contributed by atoms with Gasteiger partial charge in [-0.15, -0.1) is 0 Å². The number of carbonyl (C=O) groups excluding carboxylic acids is 2. The molecule has 1 aromatic carbocycles. The van der Waals surface area contributed by atoms with Gasteiger partial charge in [0.1, 0.15) is 0 Å². The molecule has 5 nitrogen and oxygen atoms in total. The van der Waals surface area contributed by atoms with Gasteiger partial charge in [-0.2, -0.15) is 0 Å². The first-order valence-electron chi connectivity index (χ1n) is 8.05. The van der Waals surface area contributed by atoms with E-state index in [1.807, 2.05) is 36.6 Å². The molecule has 1 fully saturated rings. The van der Waals surface area contributed by atoms with Crippen molar-refractivity contribution < 1.29 is 9.59 Å². The van der Waals surface area contributed by atoms with Crippen LogP contribution >= 0.6 is 23.2 Å². The Morgan fingerprint density at radius 1 is 1.17 bits per heavy atom. The number of anilines is 1. The Hall–Kier alpha value is -1.30. The predicted octanol–water partition coefficient (Wildman–Crippen LogP) is 3.04. The van der Waals surface area contributed by atoms with Gasteiger partial charge in [0.2, 0.25) is 11.8 Å². The molecule has 1 aliphatic rings. The SMILES string of the molecule is Cc1ccc(Cl)c(NC(=O)CN2CCN(C(=O)C(C)C)CC2)c1Cl. The van der Waals surface area contributed by atoms with Gasteiger partial charge in [0.25, 0.3) is 0 Å². The number of nitrogens with zero attached hydrogens (tertiary/aromatic N) is 2. The van der Waals surface area contributed by atoms with Crippen LogP contribution < -0.4 is 5.32 Å². The van der Waals surface area contributed by atoms with Gasteiger partial charge < -0.3 is 10.2 Å². The minimum Gasteiger partial charge on any atom is -0.340 e. The van der Waals surface area contributed by atoms with Crippen molar-refractivity contribution in [2.24, 2.45) is 5.92 Å². The van der Waals surface area contributed by atoms with Crippen LogP contribution in [-0.4, -0.2) is 54.3 Å². The second kappa shape index (κ2) is 8.19. The van der Waals surface area contributed by atoms with Crippen LogP contribution in [0.4, 0.5) is 5.69 Å². The molecule has 0 radical (unpaired) electrons. The van der Waals surface area contributed by atoms with E-state index in [1.165, 1.54) is 0 Å². The summed E-state index contributed by atoms with van der Waals surface area (Å²) in [6.07, 6.45) is 0. The molecule has 0 spiro atoms. The van der Waals surface area contributed by atoms with Gasteiger partial charge in [0.05, 0.1) is 22.3 Å². The van der Waals surface area contributed by atoms with Crippen molar-refractivity contribution in [1.29, 1.82) is 0 Å². The summed E-state index contributed by atoms with van der Waals surface area (Å²) in [6, 6.07) is 3.53. The van der Waals surface area contributed by atoms with E-state index in [2.05, 4.69) is 5.32 Å². The van der Waals surface area contributed by atoms with Crippen LogP contribution in [0.15, 0.2) is 12.1 Å². The molecule has 2 rings (SSSR count). The molecule has 0 atom stereocenters. The lowest BCUT2D eigenvalue weighted by Gasteiger charge is -2.35. The number of benzene rings is 1. The molecule has 1 aromatic rings. The summed E-state index contributed by atoms with van der Waals surface area (Å²) < 4.78 is 0. The third-order valence-electron chi connectivity index (χ3n) is 4.09. The summed E-state index contributed by atoms with van der Waals surface area (Å²) in [6.45, 7) is 8.58. The first kappa shape index (κ1) is 19.0. The fourth-order valence-electron chi connectivity index (χ4n) is 2.64. The largest absolute Gasteiger partial charge is 0.340 e. The van der Waals surface area contributed by atoms with E-state index in [1.54, 1.807) is 6.07 Å². The van der Waals surface area contributed by atoms with Crippen molar-refractivity contribution in [3.05, 3.63) is 27.7 Å². The van der Waals surface area contributed by atoms with E-state index in [0.717, 1.165) is 5.56 Å². The standard InChI is InChI=1S/C17H23Cl2N3O2/c1-11(2)17(24)22-8-6-21(7-9-22)10-14(23)20-16-13(18)5-4-12(3)15(16)19/h4-5,11H,6-10H2,1-3H3,(H,20,23). The lowest BCUT2D eigenvalue weighted by atomic mass is 10.1. The summed E-state index contributed by atoms with van der Waals surface area (Å²) >= 11 is 12.3. The lowest BCUT2D eigenvalue weighted by molar-refractivity contribution is -0.136. The van der Waals surface area contributed by atoms with Crippen molar-refractivity contribution in [3.8, 4) is 0 Å². The summed E-state index contributed by atoms with van der Waals surface area (Å²) in [5.41, 5.74) is 1.31. The van der Waals surface area contributed by atoms with Crippen molar-refractivity contribution >= 4 is 40.7 Å². The number of hydrogen-bond acceptors (Lipinski definition) is 3. The molecule has 0 saturated carbocycles. The zero-order chi connectivity index (χ0) is 17.9. The number of amides is 2. The van der Waals surface area contributed by atoms with Crippen molar-refractivity contribution in [3.63, 3.8) is 0 Å². The van der Waals surface area contributed by atoms with Gasteiger partial charge in [-0.1, -0.05) is 43.1 Å². The predicted molar refractivity (Wildman–Crippen MR) is 97.7 cm³/mol. The van der Waals surface area contributed by atoms with Crippen LogP contribution in [-0.2, 0) is 9.59 Å². The molecule has 1 N–H and O–H groups in total. The van der Waals surface area contributed by atoms with Crippen LogP contribution in [0.2, 0.25) is 10.0 Å². The second-order valence-corrected chi connectivity index (χ2v) is 7.14. The zero-order valence-corrected chi connectivity index (χ0v) is 15.7. The Kier molecular flexibility index (Phi) is 6.49.